The van der Waals surface area contributed by atoms with Crippen molar-refractivity contribution in [1.82, 2.24) is 15.5 Å². The van der Waals surface area contributed by atoms with E-state index in [0.717, 1.165) is 0 Å². The van der Waals surface area contributed by atoms with Gasteiger partial charge in [-0.25, -0.2) is 0 Å². The highest BCUT2D eigenvalue weighted by Gasteiger charge is 2.38. The number of amides is 1. The number of carbonyl (C=O) groups excluding carboxylic acids is 1. The van der Waals surface area contributed by atoms with Crippen LogP contribution in [0.25, 0.3) is 11.4 Å². The fourth-order valence-corrected chi connectivity index (χ4v) is 1.87. The van der Waals surface area contributed by atoms with E-state index in [-0.39, 0.29) is 30.4 Å². The summed E-state index contributed by atoms with van der Waals surface area (Å²) in [5.41, 5.74) is 2.42. The third-order valence-corrected chi connectivity index (χ3v) is 3.24. The SMILES string of the molecule is CC(CNC(=O)c1ccc(-c2noc(C(F)(F)F)n2)cc1)=NOCC=CCl. The summed E-state index contributed by atoms with van der Waals surface area (Å²) in [5, 5.41) is 9.69. The van der Waals surface area contributed by atoms with E-state index >= 15 is 0 Å². The standard InChI is InChI=1S/C16H14ClF3N4O3/c1-10(23-26-8-2-7-17)9-21-14(25)12-5-3-11(4-6-12)13-22-15(27-24-13)16(18,19)20/h2-7H,8-9H2,1H3,(H,21,25). The lowest BCUT2D eigenvalue weighted by molar-refractivity contribution is -0.159. The molecule has 1 amide bonds. The largest absolute Gasteiger partial charge is 0.471 e. The van der Waals surface area contributed by atoms with Crippen LogP contribution in [0.5, 0.6) is 0 Å². The van der Waals surface area contributed by atoms with Gasteiger partial charge < -0.3 is 14.7 Å². The quantitative estimate of drug-likeness (QED) is 0.434. The van der Waals surface area contributed by atoms with E-state index in [1.165, 1.54) is 29.8 Å². The lowest BCUT2D eigenvalue weighted by Crippen LogP contribution is -2.28. The molecule has 144 valence electrons. The van der Waals surface area contributed by atoms with Crippen molar-refractivity contribution in [1.29, 1.82) is 0 Å². The molecule has 0 fully saturated rings. The first kappa shape index (κ1) is 20.4. The van der Waals surface area contributed by atoms with E-state index < -0.39 is 12.1 Å². The van der Waals surface area contributed by atoms with E-state index in [2.05, 4.69) is 25.1 Å². The molecule has 1 heterocycles. The molecule has 0 spiro atoms. The first-order chi connectivity index (χ1) is 12.8. The van der Waals surface area contributed by atoms with Crippen LogP contribution in [0.3, 0.4) is 0 Å². The van der Waals surface area contributed by atoms with Gasteiger partial charge in [0.15, 0.2) is 0 Å². The molecule has 0 saturated heterocycles. The molecule has 1 aromatic carbocycles. The number of alkyl halides is 3. The van der Waals surface area contributed by atoms with Crippen molar-refractivity contribution in [2.75, 3.05) is 13.2 Å². The van der Waals surface area contributed by atoms with E-state index in [1.807, 2.05) is 0 Å². The highest BCUT2D eigenvalue weighted by Crippen LogP contribution is 2.29. The number of rotatable bonds is 7. The molecule has 0 atom stereocenters. The minimum Gasteiger partial charge on any atom is -0.392 e. The molecule has 0 aliphatic carbocycles. The summed E-state index contributed by atoms with van der Waals surface area (Å²) in [6, 6.07) is 5.70. The molecule has 0 saturated carbocycles. The summed E-state index contributed by atoms with van der Waals surface area (Å²) < 4.78 is 41.6. The van der Waals surface area contributed by atoms with Crippen LogP contribution in [0.1, 0.15) is 23.2 Å². The Labute approximate surface area is 156 Å². The highest BCUT2D eigenvalue weighted by atomic mass is 35.5. The van der Waals surface area contributed by atoms with Crippen LogP contribution in [-0.4, -0.2) is 34.9 Å². The van der Waals surface area contributed by atoms with Gasteiger partial charge in [-0.05, 0) is 25.1 Å². The van der Waals surface area contributed by atoms with Crippen LogP contribution in [-0.2, 0) is 11.0 Å². The average molecular weight is 403 g/mol. The van der Waals surface area contributed by atoms with Crippen molar-refractivity contribution in [3.8, 4) is 11.4 Å². The summed E-state index contributed by atoms with van der Waals surface area (Å²) in [6.07, 6.45) is -3.16. The van der Waals surface area contributed by atoms with Crippen molar-refractivity contribution >= 4 is 23.2 Å². The maximum atomic E-state index is 12.5. The van der Waals surface area contributed by atoms with Crippen molar-refractivity contribution in [3.63, 3.8) is 0 Å². The zero-order valence-corrected chi connectivity index (χ0v) is 14.7. The van der Waals surface area contributed by atoms with Crippen molar-refractivity contribution < 1.29 is 27.3 Å². The molecule has 7 nitrogen and oxygen atoms in total. The molecule has 0 unspecified atom stereocenters. The van der Waals surface area contributed by atoms with Gasteiger partial charge in [0, 0.05) is 16.7 Å². The number of aromatic nitrogens is 2. The Morgan fingerprint density at radius 2 is 2.07 bits per heavy atom. The topological polar surface area (TPSA) is 89.6 Å². The van der Waals surface area contributed by atoms with Gasteiger partial charge in [-0.15, -0.1) is 0 Å². The van der Waals surface area contributed by atoms with Crippen LogP contribution in [0, 0.1) is 0 Å². The summed E-state index contributed by atoms with van der Waals surface area (Å²) in [6.45, 7) is 2.04. The molecule has 1 aromatic heterocycles. The average Bonchev–Trinajstić information content (AvgIpc) is 3.14. The van der Waals surface area contributed by atoms with Gasteiger partial charge in [0.1, 0.15) is 6.61 Å². The second-order valence-electron chi connectivity index (χ2n) is 5.16. The predicted molar refractivity (Wildman–Crippen MR) is 91.1 cm³/mol. The van der Waals surface area contributed by atoms with Gasteiger partial charge >= 0.3 is 12.1 Å². The Kier molecular flexibility index (Phi) is 6.94. The summed E-state index contributed by atoms with van der Waals surface area (Å²) in [5.74, 6) is -2.04. The third kappa shape index (κ3) is 6.10. The van der Waals surface area contributed by atoms with Gasteiger partial charge in [-0.3, -0.25) is 4.79 Å². The second-order valence-corrected chi connectivity index (χ2v) is 5.42. The monoisotopic (exact) mass is 402 g/mol. The predicted octanol–water partition coefficient (Wildman–Crippen LogP) is 3.63. The highest BCUT2D eigenvalue weighted by molar-refractivity contribution is 6.25. The first-order valence-corrected chi connectivity index (χ1v) is 7.95. The molecule has 0 aliphatic rings. The van der Waals surface area contributed by atoms with Gasteiger partial charge in [0.2, 0.25) is 5.82 Å². The Morgan fingerprint density at radius 1 is 1.37 bits per heavy atom. The number of oxime groups is 1. The fraction of sp³-hybridized carbons (Fsp3) is 0.250. The number of halogens is 4. The fourth-order valence-electron chi connectivity index (χ4n) is 1.80. The molecule has 11 heteroatoms. The summed E-state index contributed by atoms with van der Waals surface area (Å²) >= 11 is 5.33. The number of nitrogens with zero attached hydrogens (tertiary/aromatic N) is 3. The molecule has 2 aromatic rings. The van der Waals surface area contributed by atoms with Crippen LogP contribution in [0.2, 0.25) is 0 Å². The zero-order chi connectivity index (χ0) is 19.9. The van der Waals surface area contributed by atoms with Crippen LogP contribution in [0.15, 0.2) is 45.6 Å². The number of carbonyl (C=O) groups is 1. The van der Waals surface area contributed by atoms with E-state index in [0.29, 0.717) is 11.3 Å². The molecule has 0 aliphatic heterocycles. The van der Waals surface area contributed by atoms with Crippen LogP contribution in [0.4, 0.5) is 13.2 Å². The Morgan fingerprint density at radius 3 is 2.67 bits per heavy atom. The number of benzene rings is 1. The Balaban J connectivity index is 1.94. The normalized spacial score (nSPS) is 12.4. The number of hydrogen-bond acceptors (Lipinski definition) is 6. The zero-order valence-electron chi connectivity index (χ0n) is 14.0. The minimum atomic E-state index is -4.71. The molecule has 0 bridgehead atoms. The lowest BCUT2D eigenvalue weighted by atomic mass is 10.1. The molecule has 2 rings (SSSR count). The van der Waals surface area contributed by atoms with E-state index in [1.54, 1.807) is 13.0 Å². The van der Waals surface area contributed by atoms with Gasteiger partial charge in [0.25, 0.3) is 5.91 Å². The minimum absolute atomic E-state index is 0.158. The van der Waals surface area contributed by atoms with Crippen molar-refractivity contribution in [3.05, 3.63) is 47.3 Å². The second kappa shape index (κ2) is 9.17. The van der Waals surface area contributed by atoms with Crippen LogP contribution >= 0.6 is 11.6 Å². The smallest absolute Gasteiger partial charge is 0.392 e. The molecule has 27 heavy (non-hydrogen) atoms. The number of nitrogens with one attached hydrogen (secondary N) is 1. The van der Waals surface area contributed by atoms with Gasteiger partial charge in [-0.2, -0.15) is 18.2 Å². The number of hydrogen-bond donors (Lipinski definition) is 1. The summed E-state index contributed by atoms with van der Waals surface area (Å²) in [7, 11) is 0. The summed E-state index contributed by atoms with van der Waals surface area (Å²) in [4.78, 5) is 20.3. The maximum Gasteiger partial charge on any atom is 0.471 e. The van der Waals surface area contributed by atoms with Gasteiger partial charge in [-0.1, -0.05) is 34.0 Å². The Hall–Kier alpha value is -2.88. The van der Waals surface area contributed by atoms with Crippen molar-refractivity contribution in [2.24, 2.45) is 5.16 Å². The first-order valence-electron chi connectivity index (χ1n) is 7.51. The van der Waals surface area contributed by atoms with Crippen molar-refractivity contribution in [2.45, 2.75) is 13.1 Å². The maximum absolute atomic E-state index is 12.5. The van der Waals surface area contributed by atoms with Crippen LogP contribution < -0.4 is 5.32 Å². The van der Waals surface area contributed by atoms with E-state index in [4.69, 9.17) is 16.4 Å². The molecule has 0 radical (unpaired) electrons. The lowest BCUT2D eigenvalue weighted by Gasteiger charge is -2.05. The van der Waals surface area contributed by atoms with Gasteiger partial charge in [0.05, 0.1) is 12.3 Å². The molecular formula is C16H14ClF3N4O3. The third-order valence-electron chi connectivity index (χ3n) is 3.06. The molecule has 1 N–H and O–H groups in total. The Bertz CT molecular complexity index is 832. The van der Waals surface area contributed by atoms with E-state index in [9.17, 15) is 18.0 Å². The molecular weight excluding hydrogens is 389 g/mol.